The number of rotatable bonds is 3. The molecule has 29 heavy (non-hydrogen) atoms. The zero-order valence-electron chi connectivity index (χ0n) is 15.7. The Morgan fingerprint density at radius 3 is 2.41 bits per heavy atom. The fourth-order valence-electron chi connectivity index (χ4n) is 3.59. The Morgan fingerprint density at radius 2 is 1.62 bits per heavy atom. The van der Waals surface area contributed by atoms with Crippen LogP contribution >= 0.6 is 0 Å². The van der Waals surface area contributed by atoms with Gasteiger partial charge in [-0.1, -0.05) is 54.1 Å². The third kappa shape index (κ3) is 2.81. The largest absolute Gasteiger partial charge is 0.272 e. The molecule has 0 radical (unpaired) electrons. The number of para-hydroxylation sites is 1. The monoisotopic (exact) mass is 384 g/mol. The lowest BCUT2D eigenvalue weighted by Gasteiger charge is -2.12. The summed E-state index contributed by atoms with van der Waals surface area (Å²) in [7, 11) is 0. The van der Waals surface area contributed by atoms with Crippen molar-refractivity contribution in [3.8, 4) is 11.4 Å². The number of hydrogen-bond donors (Lipinski definition) is 0. The van der Waals surface area contributed by atoms with Crippen LogP contribution in [0.3, 0.4) is 0 Å². The SMILES string of the molecule is Cc1ccc(Cn2c(=O)c3ccccc3n3c(-c4ccccc4F)nnc23)cc1. The normalized spacial score (nSPS) is 11.4. The first-order valence-electron chi connectivity index (χ1n) is 9.30. The Hall–Kier alpha value is -3.80. The standard InChI is InChI=1S/C23H17FN4O/c1-15-10-12-16(13-11-15)14-27-22(29)18-7-3-5-9-20(18)28-21(25-26-23(27)28)17-6-2-4-8-19(17)24/h2-13H,14H2,1H3. The molecule has 5 nitrogen and oxygen atoms in total. The van der Waals surface area contributed by atoms with E-state index in [2.05, 4.69) is 10.2 Å². The molecule has 0 bridgehead atoms. The van der Waals surface area contributed by atoms with Crippen LogP contribution in [0.2, 0.25) is 0 Å². The molecule has 5 rings (SSSR count). The van der Waals surface area contributed by atoms with Gasteiger partial charge in [0.1, 0.15) is 5.82 Å². The predicted molar refractivity (Wildman–Crippen MR) is 110 cm³/mol. The highest BCUT2D eigenvalue weighted by atomic mass is 19.1. The number of aromatic nitrogens is 4. The molecule has 3 aromatic carbocycles. The third-order valence-corrected chi connectivity index (χ3v) is 5.08. The molecule has 5 aromatic rings. The number of halogens is 1. The van der Waals surface area contributed by atoms with Gasteiger partial charge >= 0.3 is 0 Å². The van der Waals surface area contributed by atoms with E-state index in [9.17, 15) is 9.18 Å². The molecule has 0 aliphatic rings. The second kappa shape index (κ2) is 6.67. The van der Waals surface area contributed by atoms with Crippen LogP contribution in [0.5, 0.6) is 0 Å². The number of benzene rings is 3. The van der Waals surface area contributed by atoms with Gasteiger partial charge in [0, 0.05) is 0 Å². The molecular formula is C23H17FN4O. The maximum absolute atomic E-state index is 14.5. The second-order valence-electron chi connectivity index (χ2n) is 7.03. The average molecular weight is 384 g/mol. The maximum Gasteiger partial charge on any atom is 0.263 e. The molecule has 142 valence electrons. The second-order valence-corrected chi connectivity index (χ2v) is 7.03. The van der Waals surface area contributed by atoms with Gasteiger partial charge in [0.25, 0.3) is 5.56 Å². The first-order chi connectivity index (χ1) is 14.1. The average Bonchev–Trinajstić information content (AvgIpc) is 3.18. The zero-order chi connectivity index (χ0) is 20.0. The molecule has 0 unspecified atom stereocenters. The van der Waals surface area contributed by atoms with Gasteiger partial charge in [-0.05, 0) is 36.8 Å². The van der Waals surface area contributed by atoms with Crippen LogP contribution in [-0.2, 0) is 6.54 Å². The highest BCUT2D eigenvalue weighted by Gasteiger charge is 2.19. The highest BCUT2D eigenvalue weighted by molar-refractivity contribution is 5.82. The van der Waals surface area contributed by atoms with Crippen molar-refractivity contribution in [3.05, 3.63) is 100 Å². The van der Waals surface area contributed by atoms with Crippen molar-refractivity contribution in [2.75, 3.05) is 0 Å². The van der Waals surface area contributed by atoms with E-state index in [1.165, 1.54) is 6.07 Å². The number of nitrogens with zero attached hydrogens (tertiary/aromatic N) is 4. The zero-order valence-corrected chi connectivity index (χ0v) is 15.7. The van der Waals surface area contributed by atoms with Gasteiger partial charge in [0.2, 0.25) is 5.78 Å². The topological polar surface area (TPSA) is 52.2 Å². The molecule has 0 atom stereocenters. The van der Waals surface area contributed by atoms with Crippen LogP contribution in [0, 0.1) is 12.7 Å². The van der Waals surface area contributed by atoms with E-state index in [0.717, 1.165) is 11.1 Å². The van der Waals surface area contributed by atoms with Crippen molar-refractivity contribution < 1.29 is 4.39 Å². The molecule has 0 saturated carbocycles. The minimum absolute atomic E-state index is 0.152. The van der Waals surface area contributed by atoms with E-state index in [4.69, 9.17) is 0 Å². The van der Waals surface area contributed by atoms with Crippen LogP contribution in [0.1, 0.15) is 11.1 Å². The van der Waals surface area contributed by atoms with Gasteiger partial charge in [0.15, 0.2) is 5.82 Å². The summed E-state index contributed by atoms with van der Waals surface area (Å²) in [4.78, 5) is 13.2. The van der Waals surface area contributed by atoms with Gasteiger partial charge in [0.05, 0.1) is 23.0 Å². The third-order valence-electron chi connectivity index (χ3n) is 5.08. The molecule has 0 fully saturated rings. The van der Waals surface area contributed by atoms with Crippen LogP contribution in [0.15, 0.2) is 77.6 Å². The molecule has 2 aromatic heterocycles. The van der Waals surface area contributed by atoms with Crippen LogP contribution < -0.4 is 5.56 Å². The van der Waals surface area contributed by atoms with Gasteiger partial charge in [-0.2, -0.15) is 0 Å². The van der Waals surface area contributed by atoms with Crippen LogP contribution in [0.25, 0.3) is 28.1 Å². The van der Waals surface area contributed by atoms with Crippen molar-refractivity contribution in [3.63, 3.8) is 0 Å². The molecule has 6 heteroatoms. The molecule has 0 spiro atoms. The van der Waals surface area contributed by atoms with E-state index < -0.39 is 0 Å². The van der Waals surface area contributed by atoms with E-state index in [-0.39, 0.29) is 11.4 Å². The molecule has 2 heterocycles. The van der Waals surface area contributed by atoms with Crippen molar-refractivity contribution >= 4 is 16.7 Å². The van der Waals surface area contributed by atoms with Gasteiger partial charge < -0.3 is 0 Å². The Kier molecular flexibility index (Phi) is 3.98. The predicted octanol–water partition coefficient (Wildman–Crippen LogP) is 4.21. The Labute approximate surface area is 165 Å². The summed E-state index contributed by atoms with van der Waals surface area (Å²) in [6, 6.07) is 21.7. The summed E-state index contributed by atoms with van der Waals surface area (Å²) in [5.74, 6) is 0.363. The minimum Gasteiger partial charge on any atom is -0.272 e. The Morgan fingerprint density at radius 1 is 0.897 bits per heavy atom. The minimum atomic E-state index is -0.387. The Bertz CT molecular complexity index is 1420. The number of hydrogen-bond acceptors (Lipinski definition) is 3. The van der Waals surface area contributed by atoms with Crippen molar-refractivity contribution in [1.82, 2.24) is 19.2 Å². The van der Waals surface area contributed by atoms with E-state index >= 15 is 0 Å². The lowest BCUT2D eigenvalue weighted by Crippen LogP contribution is -2.24. The summed E-state index contributed by atoms with van der Waals surface area (Å²) >= 11 is 0. The van der Waals surface area contributed by atoms with E-state index in [1.807, 2.05) is 49.4 Å². The van der Waals surface area contributed by atoms with E-state index in [0.29, 0.717) is 34.6 Å². The van der Waals surface area contributed by atoms with Gasteiger partial charge in [-0.25, -0.2) is 4.39 Å². The number of fused-ring (bicyclic) bond motifs is 3. The van der Waals surface area contributed by atoms with Crippen LogP contribution in [0.4, 0.5) is 4.39 Å². The fourth-order valence-corrected chi connectivity index (χ4v) is 3.59. The van der Waals surface area contributed by atoms with Gasteiger partial charge in [-0.15, -0.1) is 10.2 Å². The molecule has 0 aliphatic carbocycles. The first-order valence-corrected chi connectivity index (χ1v) is 9.30. The van der Waals surface area contributed by atoms with Crippen molar-refractivity contribution in [2.24, 2.45) is 0 Å². The van der Waals surface area contributed by atoms with Crippen LogP contribution in [-0.4, -0.2) is 19.2 Å². The summed E-state index contributed by atoms with van der Waals surface area (Å²) in [5, 5.41) is 9.05. The summed E-state index contributed by atoms with van der Waals surface area (Å²) < 4.78 is 17.8. The highest BCUT2D eigenvalue weighted by Crippen LogP contribution is 2.24. The van der Waals surface area contributed by atoms with Gasteiger partial charge in [-0.3, -0.25) is 13.8 Å². The lowest BCUT2D eigenvalue weighted by atomic mass is 10.1. The molecule has 0 saturated heterocycles. The summed E-state index contributed by atoms with van der Waals surface area (Å²) in [5.41, 5.74) is 2.96. The van der Waals surface area contributed by atoms with E-state index in [1.54, 1.807) is 33.2 Å². The summed E-state index contributed by atoms with van der Waals surface area (Å²) in [6.45, 7) is 2.37. The molecular weight excluding hydrogens is 367 g/mol. The Balaban J connectivity index is 1.84. The van der Waals surface area contributed by atoms with Crippen molar-refractivity contribution in [2.45, 2.75) is 13.5 Å². The molecule has 0 N–H and O–H groups in total. The fraction of sp³-hybridized carbons (Fsp3) is 0.0870. The number of aryl methyl sites for hydroxylation is 1. The lowest BCUT2D eigenvalue weighted by molar-refractivity contribution is 0.630. The smallest absolute Gasteiger partial charge is 0.263 e. The quantitative estimate of drug-likeness (QED) is 0.468. The summed E-state index contributed by atoms with van der Waals surface area (Å²) in [6.07, 6.45) is 0. The first kappa shape index (κ1) is 17.3. The van der Waals surface area contributed by atoms with Crippen molar-refractivity contribution in [1.29, 1.82) is 0 Å². The molecule has 0 amide bonds. The molecule has 0 aliphatic heterocycles. The maximum atomic E-state index is 14.5.